The van der Waals surface area contributed by atoms with E-state index in [4.69, 9.17) is 11.6 Å². The molecule has 0 aliphatic rings. The molecule has 4 rings (SSSR count). The first-order valence-corrected chi connectivity index (χ1v) is 10.8. The van der Waals surface area contributed by atoms with Crippen LogP contribution >= 0.6 is 11.6 Å². The van der Waals surface area contributed by atoms with Crippen LogP contribution in [0.5, 0.6) is 0 Å². The summed E-state index contributed by atoms with van der Waals surface area (Å²) in [4.78, 5) is 17.4. The molecule has 0 radical (unpaired) electrons. The van der Waals surface area contributed by atoms with Gasteiger partial charge < -0.3 is 5.32 Å². The Kier molecular flexibility index (Phi) is 6.17. The maximum atomic E-state index is 13.5. The maximum Gasteiger partial charge on any atom is 0.417 e. The van der Waals surface area contributed by atoms with Crippen molar-refractivity contribution in [1.29, 1.82) is 0 Å². The lowest BCUT2D eigenvalue weighted by molar-refractivity contribution is -0.137. The lowest BCUT2D eigenvalue weighted by Crippen LogP contribution is -2.25. The van der Waals surface area contributed by atoms with Gasteiger partial charge in [-0.3, -0.25) is 9.20 Å². The molecule has 0 bridgehead atoms. The number of hydrogen-bond acceptors (Lipinski definition) is 2. The number of halogens is 4. The fraction of sp³-hybridized carbons (Fsp3) is 0.200. The van der Waals surface area contributed by atoms with Crippen molar-refractivity contribution in [2.75, 3.05) is 0 Å². The van der Waals surface area contributed by atoms with Gasteiger partial charge in [0.2, 0.25) is 0 Å². The highest BCUT2D eigenvalue weighted by Crippen LogP contribution is 2.37. The van der Waals surface area contributed by atoms with Crippen molar-refractivity contribution < 1.29 is 18.0 Å². The summed E-state index contributed by atoms with van der Waals surface area (Å²) in [5.41, 5.74) is 2.93. The minimum absolute atomic E-state index is 0.126. The Morgan fingerprint density at radius 2 is 1.82 bits per heavy atom. The third kappa shape index (κ3) is 4.73. The van der Waals surface area contributed by atoms with Crippen LogP contribution in [-0.4, -0.2) is 15.3 Å². The van der Waals surface area contributed by atoms with Crippen LogP contribution in [-0.2, 0) is 19.1 Å². The molecular formula is C25H21ClF3N3O. The number of pyridine rings is 1. The predicted molar refractivity (Wildman–Crippen MR) is 122 cm³/mol. The highest BCUT2D eigenvalue weighted by Gasteiger charge is 2.33. The fourth-order valence-electron chi connectivity index (χ4n) is 3.77. The molecule has 0 saturated carbocycles. The maximum absolute atomic E-state index is 13.5. The zero-order valence-corrected chi connectivity index (χ0v) is 18.8. The van der Waals surface area contributed by atoms with E-state index >= 15 is 0 Å². The Balaban J connectivity index is 1.54. The fourth-order valence-corrected chi connectivity index (χ4v) is 3.92. The number of carbonyl (C=O) groups is 1. The van der Waals surface area contributed by atoms with E-state index in [1.54, 1.807) is 60.0 Å². The van der Waals surface area contributed by atoms with Crippen molar-refractivity contribution >= 4 is 23.2 Å². The molecule has 2 aromatic carbocycles. The Morgan fingerprint density at radius 3 is 2.48 bits per heavy atom. The van der Waals surface area contributed by atoms with Crippen molar-refractivity contribution in [3.05, 3.63) is 93.9 Å². The molecule has 4 aromatic rings. The second-order valence-electron chi connectivity index (χ2n) is 7.76. The van der Waals surface area contributed by atoms with E-state index in [0.29, 0.717) is 39.6 Å². The van der Waals surface area contributed by atoms with Crippen molar-refractivity contribution in [3.8, 4) is 11.1 Å². The van der Waals surface area contributed by atoms with Crippen LogP contribution < -0.4 is 5.32 Å². The minimum Gasteiger partial charge on any atom is -0.347 e. The van der Waals surface area contributed by atoms with Gasteiger partial charge in [-0.05, 0) is 42.2 Å². The molecule has 0 saturated heterocycles. The SMILES string of the molecule is CCc1nc2cc(Cl)ccn2c1C(=O)NCc1ccc(-c2ccc(C)cc2C(F)(F)F)cc1. The van der Waals surface area contributed by atoms with Gasteiger partial charge in [0.05, 0.1) is 11.3 Å². The van der Waals surface area contributed by atoms with E-state index in [9.17, 15) is 18.0 Å². The number of aromatic nitrogens is 2. The number of benzene rings is 2. The summed E-state index contributed by atoms with van der Waals surface area (Å²) in [5.74, 6) is -0.288. The quantitative estimate of drug-likeness (QED) is 0.362. The normalized spacial score (nSPS) is 11.7. The molecule has 0 aliphatic heterocycles. The van der Waals surface area contributed by atoms with Crippen LogP contribution in [0, 0.1) is 6.92 Å². The van der Waals surface area contributed by atoms with E-state index in [1.165, 1.54) is 6.07 Å². The second kappa shape index (κ2) is 8.90. The topological polar surface area (TPSA) is 46.4 Å². The lowest BCUT2D eigenvalue weighted by Gasteiger charge is -2.14. The highest BCUT2D eigenvalue weighted by atomic mass is 35.5. The number of amides is 1. The van der Waals surface area contributed by atoms with E-state index in [0.717, 1.165) is 11.6 Å². The molecule has 0 spiro atoms. The van der Waals surface area contributed by atoms with E-state index in [2.05, 4.69) is 10.3 Å². The molecule has 2 heterocycles. The Morgan fingerprint density at radius 1 is 1.09 bits per heavy atom. The van der Waals surface area contributed by atoms with Crippen LogP contribution in [0.2, 0.25) is 5.02 Å². The van der Waals surface area contributed by atoms with Gasteiger partial charge in [0.15, 0.2) is 0 Å². The summed E-state index contributed by atoms with van der Waals surface area (Å²) in [7, 11) is 0. The molecule has 4 nitrogen and oxygen atoms in total. The lowest BCUT2D eigenvalue weighted by atomic mass is 9.96. The summed E-state index contributed by atoms with van der Waals surface area (Å²) >= 11 is 6.03. The first-order valence-electron chi connectivity index (χ1n) is 10.4. The van der Waals surface area contributed by atoms with Crippen molar-refractivity contribution in [2.45, 2.75) is 33.0 Å². The molecule has 1 amide bonds. The third-order valence-corrected chi connectivity index (χ3v) is 5.64. The number of nitrogens with zero attached hydrogens (tertiary/aromatic N) is 2. The standard InChI is InChI=1S/C25H21ClF3N3O/c1-3-21-23(32-11-10-18(26)13-22(32)31-21)24(33)30-14-16-5-7-17(8-6-16)19-9-4-15(2)12-20(19)25(27,28)29/h4-13H,3,14H2,1-2H3,(H,30,33). The summed E-state index contributed by atoms with van der Waals surface area (Å²) in [5, 5.41) is 3.40. The third-order valence-electron chi connectivity index (χ3n) is 5.41. The average molecular weight is 472 g/mol. The smallest absolute Gasteiger partial charge is 0.347 e. The second-order valence-corrected chi connectivity index (χ2v) is 8.20. The molecule has 1 N–H and O–H groups in total. The van der Waals surface area contributed by atoms with Crippen LogP contribution in [0.3, 0.4) is 0 Å². The number of rotatable bonds is 5. The van der Waals surface area contributed by atoms with Gasteiger partial charge >= 0.3 is 6.18 Å². The molecule has 8 heteroatoms. The number of alkyl halides is 3. The minimum atomic E-state index is -4.44. The van der Waals surface area contributed by atoms with Gasteiger partial charge in [0, 0.05) is 23.8 Å². The number of aryl methyl sites for hydroxylation is 2. The number of imidazole rings is 1. The molecular weight excluding hydrogens is 451 g/mol. The molecule has 0 fully saturated rings. The largest absolute Gasteiger partial charge is 0.417 e. The Labute approximate surface area is 194 Å². The van der Waals surface area contributed by atoms with Gasteiger partial charge in [-0.25, -0.2) is 4.98 Å². The van der Waals surface area contributed by atoms with E-state index in [-0.39, 0.29) is 18.0 Å². The molecule has 170 valence electrons. The summed E-state index contributed by atoms with van der Waals surface area (Å²) in [6.07, 6.45) is -2.16. The number of fused-ring (bicyclic) bond motifs is 1. The van der Waals surface area contributed by atoms with Crippen LogP contribution in [0.4, 0.5) is 13.2 Å². The van der Waals surface area contributed by atoms with Crippen molar-refractivity contribution in [1.82, 2.24) is 14.7 Å². The van der Waals surface area contributed by atoms with Crippen LogP contribution in [0.1, 0.15) is 39.8 Å². The monoisotopic (exact) mass is 471 g/mol. The first kappa shape index (κ1) is 22.9. The van der Waals surface area contributed by atoms with Crippen molar-refractivity contribution in [2.24, 2.45) is 0 Å². The molecule has 0 aliphatic carbocycles. The highest BCUT2D eigenvalue weighted by molar-refractivity contribution is 6.30. The Bertz CT molecular complexity index is 1330. The zero-order valence-electron chi connectivity index (χ0n) is 18.0. The van der Waals surface area contributed by atoms with Gasteiger partial charge in [-0.15, -0.1) is 0 Å². The van der Waals surface area contributed by atoms with Crippen molar-refractivity contribution in [3.63, 3.8) is 0 Å². The summed E-state index contributed by atoms with van der Waals surface area (Å²) in [6.45, 7) is 3.77. The van der Waals surface area contributed by atoms with Gasteiger partial charge in [0.25, 0.3) is 5.91 Å². The molecule has 0 unspecified atom stereocenters. The zero-order chi connectivity index (χ0) is 23.8. The van der Waals surface area contributed by atoms with Gasteiger partial charge in [-0.1, -0.05) is 60.5 Å². The van der Waals surface area contributed by atoms with E-state index in [1.807, 2.05) is 6.92 Å². The molecule has 2 aromatic heterocycles. The van der Waals surface area contributed by atoms with Gasteiger partial charge in [-0.2, -0.15) is 13.2 Å². The number of hydrogen-bond donors (Lipinski definition) is 1. The van der Waals surface area contributed by atoms with Crippen LogP contribution in [0.15, 0.2) is 60.8 Å². The Hall–Kier alpha value is -3.32. The molecule has 33 heavy (non-hydrogen) atoms. The van der Waals surface area contributed by atoms with E-state index < -0.39 is 11.7 Å². The van der Waals surface area contributed by atoms with Gasteiger partial charge in [0.1, 0.15) is 11.3 Å². The van der Waals surface area contributed by atoms with Crippen LogP contribution in [0.25, 0.3) is 16.8 Å². The first-order chi connectivity index (χ1) is 15.7. The number of nitrogens with one attached hydrogen (secondary N) is 1. The molecule has 0 atom stereocenters. The summed E-state index contributed by atoms with van der Waals surface area (Å²) < 4.78 is 42.1. The number of carbonyl (C=O) groups excluding carboxylic acids is 1. The summed E-state index contributed by atoms with van der Waals surface area (Å²) in [6, 6.07) is 14.4. The predicted octanol–water partition coefficient (Wildman–Crippen LogP) is 6.47. The average Bonchev–Trinajstić information content (AvgIpc) is 3.15.